The Bertz CT molecular complexity index is 1140. The van der Waals surface area contributed by atoms with E-state index in [2.05, 4.69) is 10.2 Å². The predicted molar refractivity (Wildman–Crippen MR) is 150 cm³/mol. The van der Waals surface area contributed by atoms with E-state index < -0.39 is 5.44 Å². The van der Waals surface area contributed by atoms with Crippen molar-refractivity contribution in [2.45, 2.75) is 64.4 Å². The summed E-state index contributed by atoms with van der Waals surface area (Å²) in [4.78, 5) is 40.9. The fourth-order valence-corrected chi connectivity index (χ4v) is 5.21. The normalized spacial score (nSPS) is 23.9. The highest BCUT2D eigenvalue weighted by atomic mass is 19.1. The minimum absolute atomic E-state index is 0.0119. The third-order valence-corrected chi connectivity index (χ3v) is 7.18. The van der Waals surface area contributed by atoms with E-state index in [9.17, 15) is 14.4 Å². The number of rotatable bonds is 11. The number of benzene rings is 1. The van der Waals surface area contributed by atoms with Gasteiger partial charge in [-0.15, -0.1) is 0 Å². The zero-order chi connectivity index (χ0) is 28.6. The van der Waals surface area contributed by atoms with Crippen LogP contribution in [0.5, 0.6) is 0 Å². The van der Waals surface area contributed by atoms with Crippen LogP contribution in [-0.2, 0) is 37.0 Å². The van der Waals surface area contributed by atoms with Crippen LogP contribution in [0.25, 0.3) is 0 Å². The molecule has 1 N–H and O–H groups in total. The minimum atomic E-state index is -1.22. The van der Waals surface area contributed by atoms with Crippen LogP contribution < -0.4 is 5.32 Å². The zero-order valence-corrected chi connectivity index (χ0v) is 23.5. The van der Waals surface area contributed by atoms with Gasteiger partial charge in [0, 0.05) is 55.4 Å². The molecule has 2 heterocycles. The summed E-state index contributed by atoms with van der Waals surface area (Å²) in [5, 5.41) is 2.61. The maximum absolute atomic E-state index is 15.4. The molecule has 0 aliphatic carbocycles. The molecular formula is C29H39BFN3O5. The first kappa shape index (κ1) is 30.3. The Hall–Kier alpha value is -3.24. The van der Waals surface area contributed by atoms with Gasteiger partial charge < -0.3 is 24.5 Å². The highest BCUT2D eigenvalue weighted by molar-refractivity contribution is 6.30. The summed E-state index contributed by atoms with van der Waals surface area (Å²) in [5.74, 6) is -0.993. The fourth-order valence-electron chi connectivity index (χ4n) is 5.21. The molecule has 3 rings (SSSR count). The topological polar surface area (TPSA) is 88.2 Å². The number of nitrogens with one attached hydrogen (secondary N) is 1. The van der Waals surface area contributed by atoms with E-state index in [0.717, 1.165) is 19.4 Å². The van der Waals surface area contributed by atoms with E-state index in [1.165, 1.54) is 18.2 Å². The second kappa shape index (κ2) is 13.7. The first-order valence-corrected chi connectivity index (χ1v) is 13.4. The number of allylic oxidation sites excluding steroid dienone is 3. The summed E-state index contributed by atoms with van der Waals surface area (Å²) in [6, 6.07) is 5.29. The lowest BCUT2D eigenvalue weighted by atomic mass is 9.71. The summed E-state index contributed by atoms with van der Waals surface area (Å²) < 4.78 is 27.0. The van der Waals surface area contributed by atoms with Gasteiger partial charge in [0.25, 0.3) is 5.91 Å². The number of hydrogen-bond donors (Lipinski definition) is 1. The minimum Gasteiger partial charge on any atom is -0.496 e. The van der Waals surface area contributed by atoms with Gasteiger partial charge in [0.2, 0.25) is 5.91 Å². The van der Waals surface area contributed by atoms with Gasteiger partial charge in [-0.1, -0.05) is 30.4 Å². The molecule has 2 aliphatic rings. The molecule has 0 spiro atoms. The molecular weight excluding hydrogens is 500 g/mol. The summed E-state index contributed by atoms with van der Waals surface area (Å²) >= 11 is 0. The Balaban J connectivity index is 1.79. The molecule has 0 saturated carbocycles. The van der Waals surface area contributed by atoms with Gasteiger partial charge in [-0.25, -0.2) is 4.39 Å². The number of likely N-dealkylation sites (N-methyl/N-ethyl adjacent to an activating group) is 1. The molecule has 8 nitrogen and oxygen atoms in total. The molecule has 0 aromatic heterocycles. The third kappa shape index (κ3) is 7.25. The Morgan fingerprint density at radius 2 is 1.97 bits per heavy atom. The van der Waals surface area contributed by atoms with E-state index in [-0.39, 0.29) is 55.8 Å². The van der Waals surface area contributed by atoms with Crippen LogP contribution in [0.2, 0.25) is 0 Å². The van der Waals surface area contributed by atoms with Gasteiger partial charge in [-0.3, -0.25) is 14.5 Å². The summed E-state index contributed by atoms with van der Waals surface area (Å²) in [7, 11) is 3.16. The van der Waals surface area contributed by atoms with Crippen molar-refractivity contribution in [1.29, 1.82) is 0 Å². The van der Waals surface area contributed by atoms with E-state index in [0.29, 0.717) is 28.8 Å². The van der Waals surface area contributed by atoms with Gasteiger partial charge in [0.1, 0.15) is 26.6 Å². The van der Waals surface area contributed by atoms with Crippen LogP contribution in [0.4, 0.5) is 4.39 Å². The SMILES string of the molecule is BC(CCC=O)(C(=O)NC)N1CC(=C\OCc2cccc(CN3CC(C)OC(C)C3)c2F)/C(=C\C=C/C)C1=O. The maximum atomic E-state index is 15.4. The Labute approximate surface area is 231 Å². The number of nitrogens with zero attached hydrogens (tertiary/aromatic N) is 2. The van der Waals surface area contributed by atoms with Gasteiger partial charge in [0.15, 0.2) is 0 Å². The van der Waals surface area contributed by atoms with Gasteiger partial charge in [-0.2, -0.15) is 0 Å². The summed E-state index contributed by atoms with van der Waals surface area (Å²) in [6.07, 6.45) is 7.92. The van der Waals surface area contributed by atoms with Crippen molar-refractivity contribution in [3.05, 3.63) is 70.8 Å². The Morgan fingerprint density at radius 3 is 2.62 bits per heavy atom. The van der Waals surface area contributed by atoms with Crippen LogP contribution in [0.3, 0.4) is 0 Å². The second-order valence-corrected chi connectivity index (χ2v) is 10.4. The predicted octanol–water partition coefficient (Wildman–Crippen LogP) is 2.23. The van der Waals surface area contributed by atoms with Crippen LogP contribution in [0.15, 0.2) is 53.8 Å². The van der Waals surface area contributed by atoms with Crippen molar-refractivity contribution in [1.82, 2.24) is 15.1 Å². The number of carbonyl (C=O) groups excluding carboxylic acids is 3. The fraction of sp³-hybridized carbons (Fsp3) is 0.483. The standard InChI is InChI=1S/C29H39BFN3O5/c1-5-6-11-25-24(17-34(27(25)36)29(30,12-8-13-35)28(37)32-4)19-38-18-23-10-7-9-22(26(23)31)16-33-14-20(2)39-21(3)15-33/h5-7,9-11,13,19-21H,8,12,14-18,30H2,1-4H3,(H,32,37)/b6-5-,24-19+,25-11+. The van der Waals surface area contributed by atoms with Crippen molar-refractivity contribution < 1.29 is 28.2 Å². The average Bonchev–Trinajstić information content (AvgIpc) is 3.22. The van der Waals surface area contributed by atoms with Crippen molar-refractivity contribution in [2.75, 3.05) is 26.7 Å². The molecule has 2 saturated heterocycles. The highest BCUT2D eigenvalue weighted by Gasteiger charge is 2.46. The van der Waals surface area contributed by atoms with Crippen LogP contribution in [0.1, 0.15) is 44.7 Å². The van der Waals surface area contributed by atoms with Gasteiger partial charge >= 0.3 is 0 Å². The smallest absolute Gasteiger partial charge is 0.254 e. The number of hydrogen-bond acceptors (Lipinski definition) is 6. The zero-order valence-electron chi connectivity index (χ0n) is 23.5. The summed E-state index contributed by atoms with van der Waals surface area (Å²) in [6.45, 7) is 7.95. The van der Waals surface area contributed by atoms with E-state index >= 15 is 4.39 Å². The number of halogens is 1. The number of likely N-dealkylation sites (tertiary alicyclic amines) is 1. The molecule has 3 unspecified atom stereocenters. The van der Waals surface area contributed by atoms with Crippen molar-refractivity contribution in [3.8, 4) is 0 Å². The molecule has 2 fully saturated rings. The lowest BCUT2D eigenvalue weighted by Crippen LogP contribution is -2.59. The highest BCUT2D eigenvalue weighted by Crippen LogP contribution is 2.32. The molecule has 1 aromatic carbocycles. The number of morpholine rings is 1. The van der Waals surface area contributed by atoms with Gasteiger partial charge in [-0.05, 0) is 33.3 Å². The average molecular weight is 539 g/mol. The maximum Gasteiger partial charge on any atom is 0.254 e. The van der Waals surface area contributed by atoms with Crippen LogP contribution in [0, 0.1) is 5.82 Å². The molecule has 39 heavy (non-hydrogen) atoms. The molecule has 0 bridgehead atoms. The van der Waals surface area contributed by atoms with E-state index in [1.54, 1.807) is 38.2 Å². The van der Waals surface area contributed by atoms with E-state index in [1.807, 2.05) is 26.8 Å². The monoisotopic (exact) mass is 539 g/mol. The van der Waals surface area contributed by atoms with E-state index in [4.69, 9.17) is 9.47 Å². The number of amides is 2. The molecule has 2 aliphatic heterocycles. The lowest BCUT2D eigenvalue weighted by molar-refractivity contribution is -0.138. The molecule has 1 aromatic rings. The molecule has 2 amide bonds. The van der Waals surface area contributed by atoms with Gasteiger partial charge in [0.05, 0.1) is 30.5 Å². The largest absolute Gasteiger partial charge is 0.496 e. The molecule has 3 atom stereocenters. The quantitative estimate of drug-likeness (QED) is 0.201. The second-order valence-electron chi connectivity index (χ2n) is 10.4. The molecule has 0 radical (unpaired) electrons. The number of aldehydes is 1. The first-order chi connectivity index (χ1) is 18.6. The van der Waals surface area contributed by atoms with Crippen molar-refractivity contribution >= 4 is 25.9 Å². The molecule has 10 heteroatoms. The van der Waals surface area contributed by atoms with Crippen LogP contribution >= 0.6 is 0 Å². The van der Waals surface area contributed by atoms with Crippen molar-refractivity contribution in [3.63, 3.8) is 0 Å². The van der Waals surface area contributed by atoms with Crippen molar-refractivity contribution in [2.24, 2.45) is 0 Å². The molecule has 210 valence electrons. The Morgan fingerprint density at radius 1 is 1.28 bits per heavy atom. The first-order valence-electron chi connectivity index (χ1n) is 13.4. The number of ether oxygens (including phenoxy) is 2. The number of carbonyl (C=O) groups is 3. The lowest BCUT2D eigenvalue weighted by Gasteiger charge is -2.36. The Kier molecular flexibility index (Phi) is 10.7. The summed E-state index contributed by atoms with van der Waals surface area (Å²) in [5.41, 5.74) is 0.760. The van der Waals surface area contributed by atoms with Crippen LogP contribution in [-0.4, -0.2) is 80.1 Å². The third-order valence-electron chi connectivity index (χ3n) is 7.18.